The molecule has 3 aromatic rings. The van der Waals surface area contributed by atoms with Crippen LogP contribution in [-0.4, -0.2) is 41.0 Å². The highest BCUT2D eigenvalue weighted by Crippen LogP contribution is 2.25. The smallest absolute Gasteiger partial charge is 0.308 e. The third-order valence-corrected chi connectivity index (χ3v) is 5.84. The Morgan fingerprint density at radius 2 is 1.55 bits per heavy atom. The normalized spacial score (nSPS) is 12.4. The van der Waals surface area contributed by atoms with Gasteiger partial charge in [-0.15, -0.1) is 0 Å². The fourth-order valence-electron chi connectivity index (χ4n) is 4.10. The van der Waals surface area contributed by atoms with Crippen LogP contribution in [0.1, 0.15) is 67.8 Å². The van der Waals surface area contributed by atoms with E-state index in [1.54, 1.807) is 42.5 Å². The molecule has 3 aromatic carbocycles. The number of nitrogens with zero attached hydrogens (tertiary/aromatic N) is 1. The summed E-state index contributed by atoms with van der Waals surface area (Å²) in [4.78, 5) is 63.4. The molecule has 0 bridgehead atoms. The first kappa shape index (κ1) is 26.3. The summed E-state index contributed by atoms with van der Waals surface area (Å²) in [6, 6.07) is 17.7. The van der Waals surface area contributed by atoms with Gasteiger partial charge in [-0.3, -0.25) is 28.9 Å². The molecule has 9 nitrogen and oxygen atoms in total. The maximum absolute atomic E-state index is 12.9. The third kappa shape index (κ3) is 5.78. The van der Waals surface area contributed by atoms with Gasteiger partial charge in [0.05, 0.1) is 11.1 Å². The van der Waals surface area contributed by atoms with Crippen molar-refractivity contribution in [2.75, 3.05) is 11.9 Å². The number of para-hydroxylation sites is 1. The van der Waals surface area contributed by atoms with Crippen molar-refractivity contribution in [1.29, 1.82) is 0 Å². The standard InChI is InChI=1S/C29H27N3O6/c1-17(2)16-32-28(36)23-12-11-20(14-24(23)29(32)37)26(34)30-15-21-7-4-5-10-25(21)31-27(35)19-8-6-9-22(13-19)38-18(3)33/h4-14,17H,15-16H2,1-3H3,(H,30,34)(H,31,35). The van der Waals surface area contributed by atoms with Crippen LogP contribution in [0.2, 0.25) is 0 Å². The first-order chi connectivity index (χ1) is 18.1. The lowest BCUT2D eigenvalue weighted by atomic mass is 10.1. The summed E-state index contributed by atoms with van der Waals surface area (Å²) in [6.45, 7) is 5.53. The van der Waals surface area contributed by atoms with Gasteiger partial charge in [0.25, 0.3) is 23.6 Å². The Morgan fingerprint density at radius 1 is 0.842 bits per heavy atom. The quantitative estimate of drug-likeness (QED) is 0.266. The van der Waals surface area contributed by atoms with Crippen molar-refractivity contribution in [3.05, 3.63) is 94.5 Å². The summed E-state index contributed by atoms with van der Waals surface area (Å²) in [5.74, 6) is -1.70. The number of esters is 1. The molecule has 1 aliphatic rings. The van der Waals surface area contributed by atoms with Crippen LogP contribution in [0.25, 0.3) is 0 Å². The summed E-state index contributed by atoms with van der Waals surface area (Å²) < 4.78 is 5.04. The predicted molar refractivity (Wildman–Crippen MR) is 140 cm³/mol. The summed E-state index contributed by atoms with van der Waals surface area (Å²) in [6.07, 6.45) is 0. The average Bonchev–Trinajstić information content (AvgIpc) is 3.11. The van der Waals surface area contributed by atoms with E-state index in [0.717, 1.165) is 0 Å². The van der Waals surface area contributed by atoms with Gasteiger partial charge in [0.2, 0.25) is 0 Å². The number of ether oxygens (including phenoxy) is 1. The van der Waals surface area contributed by atoms with Crippen molar-refractivity contribution in [1.82, 2.24) is 10.2 Å². The van der Waals surface area contributed by atoms with E-state index in [2.05, 4.69) is 10.6 Å². The lowest BCUT2D eigenvalue weighted by Gasteiger charge is -2.15. The minimum Gasteiger partial charge on any atom is -0.427 e. The van der Waals surface area contributed by atoms with E-state index < -0.39 is 23.7 Å². The number of rotatable bonds is 8. The maximum Gasteiger partial charge on any atom is 0.308 e. The zero-order valence-electron chi connectivity index (χ0n) is 21.2. The maximum atomic E-state index is 12.9. The fraction of sp³-hybridized carbons (Fsp3) is 0.207. The van der Waals surface area contributed by atoms with Gasteiger partial charge in [0, 0.05) is 36.8 Å². The van der Waals surface area contributed by atoms with Gasteiger partial charge in [0.15, 0.2) is 0 Å². The Bertz CT molecular complexity index is 1450. The lowest BCUT2D eigenvalue weighted by Crippen LogP contribution is -2.33. The fourth-order valence-corrected chi connectivity index (χ4v) is 4.10. The molecular weight excluding hydrogens is 486 g/mol. The van der Waals surface area contributed by atoms with Crippen molar-refractivity contribution in [3.8, 4) is 5.75 Å². The number of benzene rings is 3. The molecule has 0 atom stereocenters. The van der Waals surface area contributed by atoms with E-state index in [1.807, 2.05) is 13.8 Å². The van der Waals surface area contributed by atoms with Crippen molar-refractivity contribution >= 4 is 35.3 Å². The van der Waals surface area contributed by atoms with Gasteiger partial charge in [-0.1, -0.05) is 38.1 Å². The van der Waals surface area contributed by atoms with Crippen molar-refractivity contribution in [2.24, 2.45) is 5.92 Å². The summed E-state index contributed by atoms with van der Waals surface area (Å²) in [5, 5.41) is 5.62. The van der Waals surface area contributed by atoms with E-state index in [1.165, 1.54) is 36.1 Å². The Hall–Kier alpha value is -4.79. The molecule has 0 radical (unpaired) electrons. The van der Waals surface area contributed by atoms with Crippen LogP contribution in [0.3, 0.4) is 0 Å². The molecule has 0 aliphatic carbocycles. The van der Waals surface area contributed by atoms with Crippen molar-refractivity contribution in [3.63, 3.8) is 0 Å². The van der Waals surface area contributed by atoms with E-state index in [0.29, 0.717) is 23.4 Å². The molecular formula is C29H27N3O6. The molecule has 1 aliphatic heterocycles. The topological polar surface area (TPSA) is 122 Å². The molecule has 0 spiro atoms. The summed E-state index contributed by atoms with van der Waals surface area (Å²) in [5.41, 5.74) is 2.20. The van der Waals surface area contributed by atoms with Crippen LogP contribution < -0.4 is 15.4 Å². The highest BCUT2D eigenvalue weighted by atomic mass is 16.5. The number of hydrogen-bond acceptors (Lipinski definition) is 6. The van der Waals surface area contributed by atoms with Crippen molar-refractivity contribution < 1.29 is 28.7 Å². The number of hydrogen-bond donors (Lipinski definition) is 2. The molecule has 2 N–H and O–H groups in total. The SMILES string of the molecule is CC(=O)Oc1cccc(C(=O)Nc2ccccc2CNC(=O)c2ccc3c(c2)C(=O)N(CC(C)C)C3=O)c1. The predicted octanol–water partition coefficient (Wildman–Crippen LogP) is 4.05. The number of carbonyl (C=O) groups is 5. The van der Waals surface area contributed by atoms with Gasteiger partial charge in [-0.2, -0.15) is 0 Å². The highest BCUT2D eigenvalue weighted by molar-refractivity contribution is 6.22. The Kier molecular flexibility index (Phi) is 7.66. The number of nitrogens with one attached hydrogen (secondary N) is 2. The zero-order valence-corrected chi connectivity index (χ0v) is 21.2. The van der Waals surface area contributed by atoms with Gasteiger partial charge in [-0.05, 0) is 53.9 Å². The summed E-state index contributed by atoms with van der Waals surface area (Å²) >= 11 is 0. The Labute approximate surface area is 219 Å². The zero-order chi connectivity index (χ0) is 27.4. The Balaban J connectivity index is 1.45. The molecule has 4 amide bonds. The Morgan fingerprint density at radius 3 is 2.29 bits per heavy atom. The molecule has 0 fully saturated rings. The van der Waals surface area contributed by atoms with E-state index in [4.69, 9.17) is 4.74 Å². The van der Waals surface area contributed by atoms with Crippen LogP contribution in [-0.2, 0) is 11.3 Å². The molecule has 194 valence electrons. The number of anilines is 1. The molecule has 0 saturated heterocycles. The van der Waals surface area contributed by atoms with Crippen LogP contribution >= 0.6 is 0 Å². The average molecular weight is 514 g/mol. The number of amides is 4. The molecule has 0 aromatic heterocycles. The van der Waals surface area contributed by atoms with Crippen LogP contribution in [0.4, 0.5) is 5.69 Å². The monoisotopic (exact) mass is 513 g/mol. The molecule has 0 unspecified atom stereocenters. The minimum atomic E-state index is -0.490. The number of carbonyl (C=O) groups excluding carboxylic acids is 5. The summed E-state index contributed by atoms with van der Waals surface area (Å²) in [7, 11) is 0. The second kappa shape index (κ2) is 11.1. The largest absolute Gasteiger partial charge is 0.427 e. The second-order valence-electron chi connectivity index (χ2n) is 9.29. The number of imide groups is 1. The molecule has 4 rings (SSSR count). The van der Waals surface area contributed by atoms with Crippen LogP contribution in [0.15, 0.2) is 66.7 Å². The molecule has 38 heavy (non-hydrogen) atoms. The minimum absolute atomic E-state index is 0.103. The van der Waals surface area contributed by atoms with E-state index in [9.17, 15) is 24.0 Å². The van der Waals surface area contributed by atoms with Crippen LogP contribution in [0, 0.1) is 5.92 Å². The molecule has 0 saturated carbocycles. The van der Waals surface area contributed by atoms with Gasteiger partial charge in [0.1, 0.15) is 5.75 Å². The van der Waals surface area contributed by atoms with E-state index in [-0.39, 0.29) is 40.8 Å². The molecule has 9 heteroatoms. The van der Waals surface area contributed by atoms with Gasteiger partial charge < -0.3 is 15.4 Å². The first-order valence-electron chi connectivity index (χ1n) is 12.1. The van der Waals surface area contributed by atoms with Crippen LogP contribution in [0.5, 0.6) is 5.75 Å². The highest BCUT2D eigenvalue weighted by Gasteiger charge is 2.36. The van der Waals surface area contributed by atoms with Gasteiger partial charge >= 0.3 is 5.97 Å². The first-order valence-corrected chi connectivity index (χ1v) is 12.1. The molecule has 1 heterocycles. The van der Waals surface area contributed by atoms with Crippen molar-refractivity contribution in [2.45, 2.75) is 27.3 Å². The lowest BCUT2D eigenvalue weighted by molar-refractivity contribution is -0.131. The number of fused-ring (bicyclic) bond motifs is 1. The van der Waals surface area contributed by atoms with Gasteiger partial charge in [-0.25, -0.2) is 0 Å². The second-order valence-corrected chi connectivity index (χ2v) is 9.29. The van der Waals surface area contributed by atoms with E-state index >= 15 is 0 Å². The third-order valence-electron chi connectivity index (χ3n) is 5.84.